The van der Waals surface area contributed by atoms with Crippen LogP contribution in [-0.4, -0.2) is 38.7 Å². The molecule has 0 bridgehead atoms. The third-order valence-electron chi connectivity index (χ3n) is 4.99. The first-order valence-corrected chi connectivity index (χ1v) is 11.2. The van der Waals surface area contributed by atoms with Gasteiger partial charge in [0, 0.05) is 31.2 Å². The van der Waals surface area contributed by atoms with Gasteiger partial charge in [0.25, 0.3) is 5.91 Å². The lowest BCUT2D eigenvalue weighted by Gasteiger charge is -2.18. The average Bonchev–Trinajstić information content (AvgIpc) is 3.13. The second kappa shape index (κ2) is 8.16. The number of nitrogens with zero attached hydrogens (tertiary/aromatic N) is 3. The van der Waals surface area contributed by atoms with Crippen LogP contribution in [-0.2, 0) is 10.0 Å². The van der Waals surface area contributed by atoms with Crippen molar-refractivity contribution < 1.29 is 13.2 Å². The lowest BCUT2D eigenvalue weighted by Crippen LogP contribution is -2.25. The Hall–Kier alpha value is -3.39. The summed E-state index contributed by atoms with van der Waals surface area (Å²) in [5, 5.41) is 2.82. The molecule has 1 amide bonds. The Morgan fingerprint density at radius 3 is 2.53 bits per heavy atom. The second-order valence-corrected chi connectivity index (χ2v) is 9.06. The van der Waals surface area contributed by atoms with E-state index in [0.29, 0.717) is 29.9 Å². The molecule has 0 atom stereocenters. The van der Waals surface area contributed by atoms with E-state index in [1.54, 1.807) is 36.4 Å². The fourth-order valence-corrected chi connectivity index (χ4v) is 4.93. The number of pyridine rings is 1. The van der Waals surface area contributed by atoms with Crippen molar-refractivity contribution in [2.75, 3.05) is 33.9 Å². The average molecular weight is 423 g/mol. The first-order chi connectivity index (χ1) is 14.4. The van der Waals surface area contributed by atoms with Crippen molar-refractivity contribution >= 4 is 38.8 Å². The molecule has 0 unspecified atom stereocenters. The van der Waals surface area contributed by atoms with E-state index in [2.05, 4.69) is 10.3 Å². The van der Waals surface area contributed by atoms with Crippen molar-refractivity contribution in [2.45, 2.75) is 6.42 Å². The van der Waals surface area contributed by atoms with E-state index >= 15 is 0 Å². The maximum Gasteiger partial charge on any atom is 0.257 e. The van der Waals surface area contributed by atoms with Crippen molar-refractivity contribution in [3.05, 3.63) is 78.5 Å². The minimum atomic E-state index is -3.27. The molecule has 154 valence electrons. The van der Waals surface area contributed by atoms with Gasteiger partial charge in [0.2, 0.25) is 10.0 Å². The highest BCUT2D eigenvalue weighted by Crippen LogP contribution is 2.27. The number of benzene rings is 2. The van der Waals surface area contributed by atoms with E-state index in [4.69, 9.17) is 0 Å². The highest BCUT2D eigenvalue weighted by molar-refractivity contribution is 7.93. The Bertz CT molecular complexity index is 1150. The van der Waals surface area contributed by atoms with Crippen LogP contribution in [0.1, 0.15) is 16.8 Å². The summed E-state index contributed by atoms with van der Waals surface area (Å²) in [6.45, 7) is 0.458. The van der Waals surface area contributed by atoms with Gasteiger partial charge in [0.15, 0.2) is 0 Å². The number of nitrogens with one attached hydrogen (secondary N) is 1. The van der Waals surface area contributed by atoms with Crippen LogP contribution in [0.4, 0.5) is 22.9 Å². The highest BCUT2D eigenvalue weighted by atomic mass is 32.2. The zero-order valence-electron chi connectivity index (χ0n) is 16.5. The molecule has 1 fully saturated rings. The van der Waals surface area contributed by atoms with Crippen molar-refractivity contribution in [2.24, 2.45) is 0 Å². The largest absolute Gasteiger partial charge is 0.329 e. The molecule has 4 rings (SSSR count). The second-order valence-electron chi connectivity index (χ2n) is 7.05. The maximum atomic E-state index is 12.6. The van der Waals surface area contributed by atoms with Crippen LogP contribution in [0, 0.1) is 0 Å². The van der Waals surface area contributed by atoms with E-state index in [9.17, 15) is 13.2 Å². The molecular weight excluding hydrogens is 400 g/mol. The molecule has 1 N–H and O–H groups in total. The molecule has 2 heterocycles. The molecular formula is C22H22N4O3S. The van der Waals surface area contributed by atoms with Gasteiger partial charge in [0.05, 0.1) is 17.0 Å². The van der Waals surface area contributed by atoms with Crippen LogP contribution in [0.2, 0.25) is 0 Å². The Labute approximate surface area is 176 Å². The molecule has 0 spiro atoms. The molecule has 3 aromatic rings. The molecule has 2 aromatic carbocycles. The van der Waals surface area contributed by atoms with Crippen LogP contribution < -0.4 is 14.5 Å². The molecule has 8 heteroatoms. The number of aromatic nitrogens is 1. The molecule has 0 radical (unpaired) electrons. The van der Waals surface area contributed by atoms with Crippen molar-refractivity contribution in [3.63, 3.8) is 0 Å². The van der Waals surface area contributed by atoms with Crippen LogP contribution in [0.3, 0.4) is 0 Å². The zero-order valence-corrected chi connectivity index (χ0v) is 17.3. The highest BCUT2D eigenvalue weighted by Gasteiger charge is 2.28. The molecule has 7 nitrogen and oxygen atoms in total. The minimum absolute atomic E-state index is 0.152. The number of carbonyl (C=O) groups excluding carboxylic acids is 1. The summed E-state index contributed by atoms with van der Waals surface area (Å²) >= 11 is 0. The van der Waals surface area contributed by atoms with Crippen molar-refractivity contribution in [1.29, 1.82) is 0 Å². The van der Waals surface area contributed by atoms with E-state index in [1.807, 2.05) is 42.3 Å². The molecule has 0 aliphatic carbocycles. The fraction of sp³-hybridized carbons (Fsp3) is 0.182. The first-order valence-electron chi connectivity index (χ1n) is 9.61. The van der Waals surface area contributed by atoms with E-state index in [0.717, 1.165) is 11.5 Å². The number of hydrogen-bond donors (Lipinski definition) is 1. The number of sulfonamides is 1. The Morgan fingerprint density at radius 1 is 1.07 bits per heavy atom. The maximum absolute atomic E-state index is 12.6. The molecule has 1 saturated heterocycles. The smallest absolute Gasteiger partial charge is 0.257 e. The predicted octanol–water partition coefficient (Wildman–Crippen LogP) is 3.64. The van der Waals surface area contributed by atoms with Gasteiger partial charge in [-0.25, -0.2) is 13.4 Å². The first kappa shape index (κ1) is 19.9. The van der Waals surface area contributed by atoms with Gasteiger partial charge < -0.3 is 10.2 Å². The monoisotopic (exact) mass is 422 g/mol. The van der Waals surface area contributed by atoms with Gasteiger partial charge in [-0.2, -0.15) is 0 Å². The van der Waals surface area contributed by atoms with E-state index < -0.39 is 10.0 Å². The SMILES string of the molecule is CN(c1ccccc1)c1ccc(C(=O)Nc2cccc(N3CCCS3(=O)=O)c2)cn1. The Morgan fingerprint density at radius 2 is 1.87 bits per heavy atom. The number of carbonyl (C=O) groups is 1. The van der Waals surface area contributed by atoms with Crippen LogP contribution in [0.15, 0.2) is 72.9 Å². The third-order valence-corrected chi connectivity index (χ3v) is 6.86. The zero-order chi connectivity index (χ0) is 21.1. The van der Waals surface area contributed by atoms with Crippen LogP contribution >= 0.6 is 0 Å². The van der Waals surface area contributed by atoms with Gasteiger partial charge in [-0.05, 0) is 48.9 Å². The lowest BCUT2D eigenvalue weighted by atomic mass is 10.2. The molecule has 0 saturated carbocycles. The molecule has 1 aliphatic rings. The Balaban J connectivity index is 1.47. The summed E-state index contributed by atoms with van der Waals surface area (Å²) in [4.78, 5) is 19.0. The quantitative estimate of drug-likeness (QED) is 0.679. The van der Waals surface area contributed by atoms with Crippen LogP contribution in [0.5, 0.6) is 0 Å². The molecule has 30 heavy (non-hydrogen) atoms. The summed E-state index contributed by atoms with van der Waals surface area (Å²) in [5.41, 5.74) is 2.50. The molecule has 1 aromatic heterocycles. The lowest BCUT2D eigenvalue weighted by molar-refractivity contribution is 0.102. The van der Waals surface area contributed by atoms with Gasteiger partial charge in [0.1, 0.15) is 5.82 Å². The van der Waals surface area contributed by atoms with Gasteiger partial charge >= 0.3 is 0 Å². The van der Waals surface area contributed by atoms with Gasteiger partial charge in [-0.3, -0.25) is 9.10 Å². The summed E-state index contributed by atoms with van der Waals surface area (Å²) in [6.07, 6.45) is 2.13. The number of rotatable bonds is 5. The number of para-hydroxylation sites is 1. The minimum Gasteiger partial charge on any atom is -0.329 e. The Kier molecular flexibility index (Phi) is 5.41. The van der Waals surface area contributed by atoms with E-state index in [1.165, 1.54) is 10.5 Å². The number of hydrogen-bond acceptors (Lipinski definition) is 5. The van der Waals surface area contributed by atoms with E-state index in [-0.39, 0.29) is 11.7 Å². The third kappa shape index (κ3) is 4.13. The summed E-state index contributed by atoms with van der Waals surface area (Å²) in [5.74, 6) is 0.566. The summed E-state index contributed by atoms with van der Waals surface area (Å²) in [7, 11) is -1.36. The van der Waals surface area contributed by atoms with Crippen molar-refractivity contribution in [3.8, 4) is 0 Å². The molecule has 1 aliphatic heterocycles. The number of amides is 1. The standard InChI is InChI=1S/C22H22N4O3S/c1-25(19-8-3-2-4-9-19)21-12-11-17(16-23-21)22(27)24-18-7-5-10-20(15-18)26-13-6-14-30(26,28)29/h2-5,7-12,15-16H,6,13-14H2,1H3,(H,24,27). The van der Waals surface area contributed by atoms with Crippen molar-refractivity contribution in [1.82, 2.24) is 4.98 Å². The van der Waals surface area contributed by atoms with Gasteiger partial charge in [-0.1, -0.05) is 24.3 Å². The predicted molar refractivity (Wildman–Crippen MR) is 119 cm³/mol. The van der Waals surface area contributed by atoms with Crippen LogP contribution in [0.25, 0.3) is 0 Å². The van der Waals surface area contributed by atoms with Gasteiger partial charge in [-0.15, -0.1) is 0 Å². The number of anilines is 4. The fourth-order valence-electron chi connectivity index (χ4n) is 3.37. The summed E-state index contributed by atoms with van der Waals surface area (Å²) in [6, 6.07) is 20.2. The normalized spacial score (nSPS) is 15.0. The topological polar surface area (TPSA) is 82.6 Å². The summed E-state index contributed by atoms with van der Waals surface area (Å²) < 4.78 is 25.7.